The molecule has 5 nitrogen and oxygen atoms in total. The van der Waals surface area contributed by atoms with Crippen molar-refractivity contribution in [2.24, 2.45) is 35.5 Å². The van der Waals surface area contributed by atoms with Gasteiger partial charge in [-0.05, 0) is 54.4 Å². The van der Waals surface area contributed by atoms with Crippen molar-refractivity contribution in [3.05, 3.63) is 36.4 Å². The quantitative estimate of drug-likeness (QED) is 0.362. The number of hydrogen-bond donors (Lipinski definition) is 0. The molecular weight excluding hydrogens is 306 g/mol. The van der Waals surface area contributed by atoms with Gasteiger partial charge in [-0.2, -0.15) is 0 Å². The maximum absolute atomic E-state index is 13.0. The molecule has 1 aliphatic heterocycles. The van der Waals surface area contributed by atoms with E-state index in [4.69, 9.17) is 4.74 Å². The summed E-state index contributed by atoms with van der Waals surface area (Å²) in [5.74, 6) is 1.14. The topological polar surface area (TPSA) is 63.7 Å². The number of nitrogens with zero attached hydrogens (tertiary/aromatic N) is 1. The van der Waals surface area contributed by atoms with Gasteiger partial charge in [-0.3, -0.25) is 19.3 Å². The molecular formula is C19H17NO4. The van der Waals surface area contributed by atoms with Crippen LogP contribution in [0.2, 0.25) is 0 Å². The molecule has 2 saturated carbocycles. The number of allylic oxidation sites excluding steroid dienone is 2. The molecule has 0 N–H and O–H groups in total. The number of carbonyl (C=O) groups excluding carboxylic acids is 3. The van der Waals surface area contributed by atoms with Gasteiger partial charge in [-0.25, -0.2) is 0 Å². The van der Waals surface area contributed by atoms with E-state index in [0.717, 1.165) is 6.42 Å². The first-order valence-electron chi connectivity index (χ1n) is 8.41. The molecule has 1 aromatic rings. The average Bonchev–Trinajstić information content (AvgIpc) is 3.33. The maximum Gasteiger partial charge on any atom is 0.308 e. The zero-order chi connectivity index (χ0) is 16.6. The number of ether oxygens (including phenoxy) is 1. The number of benzene rings is 1. The van der Waals surface area contributed by atoms with Crippen molar-refractivity contribution in [2.45, 2.75) is 13.3 Å². The van der Waals surface area contributed by atoms with Crippen LogP contribution in [0.25, 0.3) is 0 Å². The van der Waals surface area contributed by atoms with Gasteiger partial charge in [-0.15, -0.1) is 0 Å². The predicted molar refractivity (Wildman–Crippen MR) is 84.9 cm³/mol. The van der Waals surface area contributed by atoms with Crippen LogP contribution in [0.1, 0.15) is 13.3 Å². The zero-order valence-corrected chi connectivity index (χ0v) is 13.2. The molecule has 6 rings (SSSR count). The highest BCUT2D eigenvalue weighted by Crippen LogP contribution is 2.65. The summed E-state index contributed by atoms with van der Waals surface area (Å²) in [6.07, 6.45) is 5.49. The highest BCUT2D eigenvalue weighted by atomic mass is 16.5. The van der Waals surface area contributed by atoms with Crippen LogP contribution in [0.5, 0.6) is 5.75 Å². The van der Waals surface area contributed by atoms with Crippen LogP contribution in [0.3, 0.4) is 0 Å². The van der Waals surface area contributed by atoms with E-state index >= 15 is 0 Å². The second kappa shape index (κ2) is 4.56. The Balaban J connectivity index is 1.47. The molecule has 0 unspecified atom stereocenters. The van der Waals surface area contributed by atoms with Crippen LogP contribution in [0, 0.1) is 35.5 Å². The molecule has 1 saturated heterocycles. The average molecular weight is 323 g/mol. The Bertz CT molecular complexity index is 760. The maximum atomic E-state index is 13.0. The van der Waals surface area contributed by atoms with Crippen LogP contribution in [-0.4, -0.2) is 17.8 Å². The van der Waals surface area contributed by atoms with Crippen molar-refractivity contribution < 1.29 is 19.1 Å². The first-order chi connectivity index (χ1) is 11.6. The molecule has 2 bridgehead atoms. The van der Waals surface area contributed by atoms with Gasteiger partial charge in [0.2, 0.25) is 11.8 Å². The van der Waals surface area contributed by atoms with E-state index < -0.39 is 5.97 Å². The minimum atomic E-state index is -0.399. The smallest absolute Gasteiger partial charge is 0.308 e. The number of carbonyl (C=O) groups is 3. The van der Waals surface area contributed by atoms with E-state index in [1.165, 1.54) is 11.8 Å². The van der Waals surface area contributed by atoms with Gasteiger partial charge in [0, 0.05) is 6.92 Å². The Morgan fingerprint density at radius 1 is 1.00 bits per heavy atom. The lowest BCUT2D eigenvalue weighted by Crippen LogP contribution is -2.40. The van der Waals surface area contributed by atoms with Crippen LogP contribution >= 0.6 is 0 Å². The fraction of sp³-hybridized carbons (Fsp3) is 0.421. The number of esters is 1. The lowest BCUT2D eigenvalue weighted by atomic mass is 9.63. The van der Waals surface area contributed by atoms with E-state index in [-0.39, 0.29) is 35.5 Å². The summed E-state index contributed by atoms with van der Waals surface area (Å²) in [6.45, 7) is 1.33. The van der Waals surface area contributed by atoms with Gasteiger partial charge in [0.25, 0.3) is 0 Å². The molecule has 122 valence electrons. The number of imide groups is 1. The van der Waals surface area contributed by atoms with Gasteiger partial charge in [-0.1, -0.05) is 12.2 Å². The fourth-order valence-corrected chi connectivity index (χ4v) is 5.04. The Morgan fingerprint density at radius 2 is 1.54 bits per heavy atom. The second-order valence-corrected chi connectivity index (χ2v) is 7.25. The summed E-state index contributed by atoms with van der Waals surface area (Å²) >= 11 is 0. The Kier molecular flexibility index (Phi) is 2.65. The standard InChI is InChI=1S/C19H17NO4/c1-9(21)24-11-4-2-10(3-5-11)20-18(22)16-12-6-7-13(15-8-14(12)15)17(16)19(20)23/h2-7,12-17H,8H2,1H3/t12-,13+,14+,15-,16-,17+. The summed E-state index contributed by atoms with van der Waals surface area (Å²) in [6, 6.07) is 6.57. The largest absolute Gasteiger partial charge is 0.427 e. The van der Waals surface area contributed by atoms with Crippen LogP contribution in [0.4, 0.5) is 5.69 Å². The number of rotatable bonds is 2. The minimum Gasteiger partial charge on any atom is -0.427 e. The second-order valence-electron chi connectivity index (χ2n) is 7.25. The third kappa shape index (κ3) is 1.72. The molecule has 5 aliphatic rings. The van der Waals surface area contributed by atoms with Crippen molar-refractivity contribution in [3.8, 4) is 5.75 Å². The van der Waals surface area contributed by atoms with E-state index in [0.29, 0.717) is 23.3 Å². The molecule has 4 aliphatic carbocycles. The van der Waals surface area contributed by atoms with Gasteiger partial charge in [0.1, 0.15) is 5.75 Å². The third-order valence-corrected chi connectivity index (χ3v) is 6.02. The SMILES string of the molecule is CC(=O)Oc1ccc(N2C(=O)[C@@H]3[C@@H]4C=C[C@@H]([C@H]5C[C@@H]45)[C@@H]3C2=O)cc1. The molecule has 0 radical (unpaired) electrons. The van der Waals surface area contributed by atoms with Crippen LogP contribution < -0.4 is 9.64 Å². The lowest BCUT2D eigenvalue weighted by molar-refractivity contribution is -0.132. The van der Waals surface area contributed by atoms with Gasteiger partial charge < -0.3 is 4.74 Å². The highest BCUT2D eigenvalue weighted by Gasteiger charge is 2.67. The predicted octanol–water partition coefficient (Wildman–Crippen LogP) is 2.17. The normalized spacial score (nSPS) is 38.1. The summed E-state index contributed by atoms with van der Waals surface area (Å²) in [5.41, 5.74) is 0.559. The first kappa shape index (κ1) is 14.0. The van der Waals surface area contributed by atoms with Crippen molar-refractivity contribution in [3.63, 3.8) is 0 Å². The number of amides is 2. The molecule has 6 atom stereocenters. The zero-order valence-electron chi connectivity index (χ0n) is 13.2. The minimum absolute atomic E-state index is 0.0741. The van der Waals surface area contributed by atoms with Gasteiger partial charge in [0.05, 0.1) is 17.5 Å². The molecule has 0 aromatic heterocycles. The van der Waals surface area contributed by atoms with Crippen molar-refractivity contribution in [2.75, 3.05) is 4.90 Å². The van der Waals surface area contributed by atoms with Gasteiger partial charge >= 0.3 is 5.97 Å². The number of hydrogen-bond acceptors (Lipinski definition) is 4. The monoisotopic (exact) mass is 323 g/mol. The summed E-state index contributed by atoms with van der Waals surface area (Å²) in [5, 5.41) is 0. The summed E-state index contributed by atoms with van der Waals surface area (Å²) in [4.78, 5) is 38.2. The van der Waals surface area contributed by atoms with Crippen molar-refractivity contribution in [1.29, 1.82) is 0 Å². The van der Waals surface area contributed by atoms with E-state index in [2.05, 4.69) is 12.2 Å². The van der Waals surface area contributed by atoms with Crippen molar-refractivity contribution in [1.82, 2.24) is 0 Å². The molecule has 1 aromatic carbocycles. The lowest BCUT2D eigenvalue weighted by Gasteiger charge is -2.37. The number of anilines is 1. The molecule has 1 heterocycles. The molecule has 0 spiro atoms. The Morgan fingerprint density at radius 3 is 2.04 bits per heavy atom. The molecule has 5 heteroatoms. The third-order valence-electron chi connectivity index (χ3n) is 6.02. The molecule has 24 heavy (non-hydrogen) atoms. The van der Waals surface area contributed by atoms with Crippen molar-refractivity contribution >= 4 is 23.5 Å². The van der Waals surface area contributed by atoms with E-state index in [1.807, 2.05) is 0 Å². The highest BCUT2D eigenvalue weighted by molar-refractivity contribution is 6.22. The molecule has 3 fully saturated rings. The Labute approximate surface area is 139 Å². The van der Waals surface area contributed by atoms with E-state index in [1.54, 1.807) is 24.3 Å². The Hall–Kier alpha value is -2.43. The van der Waals surface area contributed by atoms with Crippen LogP contribution in [-0.2, 0) is 14.4 Å². The molecule has 2 amide bonds. The van der Waals surface area contributed by atoms with E-state index in [9.17, 15) is 14.4 Å². The summed E-state index contributed by atoms with van der Waals surface area (Å²) < 4.78 is 5.01. The van der Waals surface area contributed by atoms with Gasteiger partial charge in [0.15, 0.2) is 0 Å². The summed E-state index contributed by atoms with van der Waals surface area (Å²) in [7, 11) is 0. The first-order valence-corrected chi connectivity index (χ1v) is 8.41. The van der Waals surface area contributed by atoms with Crippen LogP contribution in [0.15, 0.2) is 36.4 Å². The fourth-order valence-electron chi connectivity index (χ4n) is 5.04.